The maximum Gasteiger partial charge on any atom is 0.240 e. The van der Waals surface area contributed by atoms with Crippen LogP contribution in [-0.2, 0) is 16.6 Å². The van der Waals surface area contributed by atoms with Gasteiger partial charge in [-0.15, -0.1) is 0 Å². The minimum Gasteiger partial charge on any atom is -0.396 e. The first-order valence-electron chi connectivity index (χ1n) is 5.83. The van der Waals surface area contributed by atoms with Crippen molar-refractivity contribution in [2.75, 3.05) is 17.7 Å². The number of hydrogen-bond acceptors (Lipinski definition) is 6. The number of aromatic nitrogens is 1. The lowest BCUT2D eigenvalue weighted by Crippen LogP contribution is -2.20. The molecule has 2 rings (SSSR count). The van der Waals surface area contributed by atoms with Crippen LogP contribution in [-0.4, -0.2) is 20.6 Å². The summed E-state index contributed by atoms with van der Waals surface area (Å²) in [6.07, 6.45) is 0. The highest BCUT2D eigenvalue weighted by Gasteiger charge is 2.17. The number of nitrogens with zero attached hydrogens (tertiary/aromatic N) is 2. The fourth-order valence-electron chi connectivity index (χ4n) is 1.93. The number of hydrogen-bond donors (Lipinski definition) is 2. The first-order valence-corrected chi connectivity index (χ1v) is 7.38. The molecule has 7 nitrogen and oxygen atoms in total. The van der Waals surface area contributed by atoms with Gasteiger partial charge in [-0.05, 0) is 19.1 Å². The number of primary sulfonamides is 1. The Bertz CT molecular complexity index is 724. The Hall–Kier alpha value is -2.06. The standard InChI is InChI=1S/C12H16N4O3S/c1-8-6-9(15-19-8)7-16(2)10-4-3-5-11(12(10)13)20(14,17)18/h3-6H,7,13H2,1-2H3,(H2,14,17,18). The maximum absolute atomic E-state index is 11.4. The normalized spacial score (nSPS) is 11.6. The number of sulfonamides is 1. The molecule has 8 heteroatoms. The van der Waals surface area contributed by atoms with Gasteiger partial charge in [-0.2, -0.15) is 0 Å². The lowest BCUT2D eigenvalue weighted by molar-refractivity contribution is 0.390. The molecule has 2 aromatic rings. The topological polar surface area (TPSA) is 115 Å². The molecule has 0 spiro atoms. The van der Waals surface area contributed by atoms with Gasteiger partial charge in [0.25, 0.3) is 0 Å². The van der Waals surface area contributed by atoms with Crippen LogP contribution >= 0.6 is 0 Å². The second kappa shape index (κ2) is 5.14. The average Bonchev–Trinajstić information content (AvgIpc) is 2.73. The van der Waals surface area contributed by atoms with E-state index in [9.17, 15) is 8.42 Å². The fourth-order valence-corrected chi connectivity index (χ4v) is 2.61. The van der Waals surface area contributed by atoms with Crippen LogP contribution in [0.4, 0.5) is 11.4 Å². The Morgan fingerprint density at radius 1 is 1.40 bits per heavy atom. The minimum absolute atomic E-state index is 0.0850. The molecule has 0 saturated heterocycles. The highest BCUT2D eigenvalue weighted by Crippen LogP contribution is 2.29. The van der Waals surface area contributed by atoms with Gasteiger partial charge in [-0.25, -0.2) is 13.6 Å². The number of para-hydroxylation sites is 1. The zero-order valence-corrected chi connectivity index (χ0v) is 12.0. The van der Waals surface area contributed by atoms with Crippen molar-refractivity contribution < 1.29 is 12.9 Å². The molecule has 1 heterocycles. The molecule has 0 amide bonds. The zero-order chi connectivity index (χ0) is 14.9. The summed E-state index contributed by atoms with van der Waals surface area (Å²) in [6.45, 7) is 2.24. The van der Waals surface area contributed by atoms with Crippen LogP contribution in [0.5, 0.6) is 0 Å². The van der Waals surface area contributed by atoms with Crippen molar-refractivity contribution in [3.8, 4) is 0 Å². The molecule has 0 aliphatic carbocycles. The predicted molar refractivity (Wildman–Crippen MR) is 75.6 cm³/mol. The molecular weight excluding hydrogens is 280 g/mol. The van der Waals surface area contributed by atoms with Crippen molar-refractivity contribution in [1.29, 1.82) is 0 Å². The molecule has 20 heavy (non-hydrogen) atoms. The summed E-state index contributed by atoms with van der Waals surface area (Å²) < 4.78 is 27.9. The van der Waals surface area contributed by atoms with Crippen LogP contribution in [0, 0.1) is 6.92 Å². The van der Waals surface area contributed by atoms with Gasteiger partial charge >= 0.3 is 0 Å². The van der Waals surface area contributed by atoms with Crippen molar-refractivity contribution in [2.24, 2.45) is 5.14 Å². The third-order valence-corrected chi connectivity index (χ3v) is 3.81. The highest BCUT2D eigenvalue weighted by atomic mass is 32.2. The van der Waals surface area contributed by atoms with E-state index in [1.165, 1.54) is 6.07 Å². The fraction of sp³-hybridized carbons (Fsp3) is 0.250. The van der Waals surface area contributed by atoms with E-state index in [4.69, 9.17) is 15.4 Å². The maximum atomic E-state index is 11.4. The molecule has 0 saturated carbocycles. The first kappa shape index (κ1) is 14.4. The van der Waals surface area contributed by atoms with Gasteiger partial charge in [0.1, 0.15) is 16.3 Å². The molecule has 108 valence electrons. The Morgan fingerprint density at radius 3 is 2.65 bits per heavy atom. The van der Waals surface area contributed by atoms with E-state index in [1.807, 2.05) is 0 Å². The Labute approximate surface area is 117 Å². The summed E-state index contributed by atoms with van der Waals surface area (Å²) in [5.41, 5.74) is 7.30. The molecule has 0 atom stereocenters. The van der Waals surface area contributed by atoms with Crippen LogP contribution in [0.1, 0.15) is 11.5 Å². The number of anilines is 2. The van der Waals surface area contributed by atoms with Crippen molar-refractivity contribution in [3.05, 3.63) is 35.7 Å². The number of nitrogen functional groups attached to an aromatic ring is 1. The van der Waals surface area contributed by atoms with Crippen LogP contribution in [0.3, 0.4) is 0 Å². The highest BCUT2D eigenvalue weighted by molar-refractivity contribution is 7.89. The van der Waals surface area contributed by atoms with E-state index in [2.05, 4.69) is 5.16 Å². The molecule has 1 aromatic heterocycles. The Kier molecular flexibility index (Phi) is 3.69. The third kappa shape index (κ3) is 2.91. The third-order valence-electron chi connectivity index (χ3n) is 2.84. The molecule has 0 bridgehead atoms. The van der Waals surface area contributed by atoms with Crippen LogP contribution in [0.2, 0.25) is 0 Å². The summed E-state index contributed by atoms with van der Waals surface area (Å²) in [7, 11) is -2.06. The van der Waals surface area contributed by atoms with Gasteiger partial charge in [0.05, 0.1) is 17.9 Å². The van der Waals surface area contributed by atoms with E-state index in [1.54, 1.807) is 37.1 Å². The smallest absolute Gasteiger partial charge is 0.240 e. The van der Waals surface area contributed by atoms with Gasteiger partial charge in [0, 0.05) is 13.1 Å². The summed E-state index contributed by atoms with van der Waals surface area (Å²) in [5, 5.41) is 9.01. The molecule has 4 N–H and O–H groups in total. The minimum atomic E-state index is -3.84. The SMILES string of the molecule is Cc1cc(CN(C)c2cccc(S(N)(=O)=O)c2N)no1. The quantitative estimate of drug-likeness (QED) is 0.808. The van der Waals surface area contributed by atoms with Gasteiger partial charge in [0.15, 0.2) is 0 Å². The predicted octanol–water partition coefficient (Wildman–Crippen LogP) is 0.849. The van der Waals surface area contributed by atoms with E-state index >= 15 is 0 Å². The van der Waals surface area contributed by atoms with Crippen LogP contribution < -0.4 is 15.8 Å². The number of rotatable bonds is 4. The first-order chi connectivity index (χ1) is 9.29. The van der Waals surface area contributed by atoms with Crippen LogP contribution in [0.25, 0.3) is 0 Å². The Balaban J connectivity index is 2.33. The summed E-state index contributed by atoms with van der Waals surface area (Å²) >= 11 is 0. The number of nitrogens with two attached hydrogens (primary N) is 2. The van der Waals surface area contributed by atoms with Gasteiger partial charge < -0.3 is 15.2 Å². The second-order valence-corrected chi connectivity index (χ2v) is 6.05. The largest absolute Gasteiger partial charge is 0.396 e. The molecular formula is C12H16N4O3S. The van der Waals surface area contributed by atoms with Gasteiger partial charge in [-0.1, -0.05) is 11.2 Å². The van der Waals surface area contributed by atoms with Crippen molar-refractivity contribution in [3.63, 3.8) is 0 Å². The summed E-state index contributed by atoms with van der Waals surface area (Å²) in [5.74, 6) is 0.708. The van der Waals surface area contributed by atoms with Crippen molar-refractivity contribution >= 4 is 21.4 Å². The van der Waals surface area contributed by atoms with Crippen LogP contribution in [0.15, 0.2) is 33.7 Å². The summed E-state index contributed by atoms with van der Waals surface area (Å²) in [4.78, 5) is 1.69. The number of aryl methyl sites for hydroxylation is 1. The molecule has 0 unspecified atom stereocenters. The van der Waals surface area contributed by atoms with Gasteiger partial charge in [0.2, 0.25) is 10.0 Å². The second-order valence-electron chi connectivity index (χ2n) is 4.52. The molecule has 0 aliphatic rings. The number of benzene rings is 1. The lowest BCUT2D eigenvalue weighted by atomic mass is 10.2. The van der Waals surface area contributed by atoms with Crippen molar-refractivity contribution in [2.45, 2.75) is 18.4 Å². The molecule has 0 fully saturated rings. The molecule has 0 aliphatic heterocycles. The van der Waals surface area contributed by atoms with E-state index in [0.29, 0.717) is 18.0 Å². The van der Waals surface area contributed by atoms with E-state index in [0.717, 1.165) is 5.69 Å². The monoisotopic (exact) mass is 296 g/mol. The Morgan fingerprint density at radius 2 is 2.10 bits per heavy atom. The van der Waals surface area contributed by atoms with E-state index < -0.39 is 10.0 Å². The van der Waals surface area contributed by atoms with Crippen molar-refractivity contribution in [1.82, 2.24) is 5.16 Å². The summed E-state index contributed by atoms with van der Waals surface area (Å²) in [6, 6.07) is 6.49. The van der Waals surface area contributed by atoms with Gasteiger partial charge in [-0.3, -0.25) is 0 Å². The van der Waals surface area contributed by atoms with E-state index in [-0.39, 0.29) is 10.6 Å². The lowest BCUT2D eigenvalue weighted by Gasteiger charge is -2.20. The average molecular weight is 296 g/mol. The zero-order valence-electron chi connectivity index (χ0n) is 11.2. The molecule has 0 radical (unpaired) electrons. The molecule has 1 aromatic carbocycles.